The second-order valence-corrected chi connectivity index (χ2v) is 7.54. The van der Waals surface area contributed by atoms with Gasteiger partial charge >= 0.3 is 0 Å². The van der Waals surface area contributed by atoms with Gasteiger partial charge in [-0.1, -0.05) is 0 Å². The fraction of sp³-hybridized carbons (Fsp3) is 1.00. The molecule has 19 heavy (non-hydrogen) atoms. The third-order valence-corrected chi connectivity index (χ3v) is 6.57. The monoisotopic (exact) mass is 270 g/mol. The van der Waals surface area contributed by atoms with Gasteiger partial charge in [-0.05, 0) is 67.6 Å². The Hall–Kier alpha value is -0.220. The molecule has 0 radical (unpaired) electrons. The van der Waals surface area contributed by atoms with Gasteiger partial charge in [0.25, 0.3) is 0 Å². The Morgan fingerprint density at radius 1 is 1.16 bits per heavy atom. The fourth-order valence-electron chi connectivity index (χ4n) is 5.87. The smallest absolute Gasteiger partial charge is 0.248 e. The molecule has 108 valence electrons. The molecule has 2 bridgehead atoms. The summed E-state index contributed by atoms with van der Waals surface area (Å²) in [4.78, 5) is 0. The fourth-order valence-corrected chi connectivity index (χ4v) is 5.87. The Labute approximate surface area is 113 Å². The molecule has 0 spiro atoms. The lowest BCUT2D eigenvalue weighted by molar-refractivity contribution is 0.00413. The Bertz CT molecular complexity index is 357. The molecular formula is C15H24F2N2. The topological polar surface area (TPSA) is 38.0 Å². The third kappa shape index (κ3) is 1.94. The van der Waals surface area contributed by atoms with Crippen LogP contribution in [0.15, 0.2) is 0 Å². The summed E-state index contributed by atoms with van der Waals surface area (Å²) in [6.07, 6.45) is 5.95. The lowest BCUT2D eigenvalue weighted by atomic mass is 9.90. The normalized spacial score (nSPS) is 51.3. The van der Waals surface area contributed by atoms with Crippen molar-refractivity contribution in [1.82, 2.24) is 5.43 Å². The molecule has 0 amide bonds. The predicted molar refractivity (Wildman–Crippen MR) is 69.3 cm³/mol. The van der Waals surface area contributed by atoms with Gasteiger partial charge in [0.1, 0.15) is 0 Å². The number of nitrogens with one attached hydrogen (secondary N) is 1. The van der Waals surface area contributed by atoms with Crippen LogP contribution in [0, 0.1) is 35.5 Å². The first kappa shape index (κ1) is 12.5. The van der Waals surface area contributed by atoms with Crippen LogP contribution in [0.5, 0.6) is 0 Å². The molecule has 3 N–H and O–H groups in total. The van der Waals surface area contributed by atoms with Crippen molar-refractivity contribution < 1.29 is 8.78 Å². The number of hydrazine groups is 1. The molecular weight excluding hydrogens is 246 g/mol. The van der Waals surface area contributed by atoms with Gasteiger partial charge in [0.2, 0.25) is 5.92 Å². The maximum absolute atomic E-state index is 13.3. The summed E-state index contributed by atoms with van der Waals surface area (Å²) in [5, 5.41) is 0. The van der Waals surface area contributed by atoms with E-state index in [0.717, 1.165) is 30.1 Å². The highest BCUT2D eigenvalue weighted by Crippen LogP contribution is 2.70. The van der Waals surface area contributed by atoms with Gasteiger partial charge in [-0.3, -0.25) is 11.3 Å². The van der Waals surface area contributed by atoms with E-state index >= 15 is 0 Å². The zero-order valence-electron chi connectivity index (χ0n) is 11.3. The molecule has 4 rings (SSSR count). The number of rotatable bonds is 4. The standard InChI is InChI=1S/C15H24F2N2/c16-15(17)4-3-8(7-15)5-11(19-18)14-12-9-1-2-10(6-9)13(12)14/h8-14,19H,1-7,18H2. The number of hydrogen-bond donors (Lipinski definition) is 2. The van der Waals surface area contributed by atoms with Gasteiger partial charge in [-0.2, -0.15) is 0 Å². The molecule has 2 nitrogen and oxygen atoms in total. The minimum atomic E-state index is -2.41. The van der Waals surface area contributed by atoms with Crippen LogP contribution in [0.4, 0.5) is 8.78 Å². The highest BCUT2D eigenvalue weighted by atomic mass is 19.3. The number of fused-ring (bicyclic) bond motifs is 5. The van der Waals surface area contributed by atoms with Crippen LogP contribution < -0.4 is 11.3 Å². The Morgan fingerprint density at radius 2 is 1.84 bits per heavy atom. The third-order valence-electron chi connectivity index (χ3n) is 6.57. The van der Waals surface area contributed by atoms with Crippen molar-refractivity contribution in [2.75, 3.05) is 0 Å². The predicted octanol–water partition coefficient (Wildman–Crippen LogP) is 2.94. The molecule has 0 aliphatic heterocycles. The molecule has 4 aliphatic carbocycles. The Morgan fingerprint density at radius 3 is 2.37 bits per heavy atom. The van der Waals surface area contributed by atoms with Crippen LogP contribution >= 0.6 is 0 Å². The Kier molecular flexibility index (Phi) is 2.73. The van der Waals surface area contributed by atoms with Gasteiger partial charge in [0.05, 0.1) is 0 Å². The molecule has 4 fully saturated rings. The SMILES string of the molecule is NNC(CC1CCC(F)(F)C1)C1C2C3CCC(C3)C21. The van der Waals surface area contributed by atoms with Crippen molar-refractivity contribution in [3.05, 3.63) is 0 Å². The lowest BCUT2D eigenvalue weighted by Gasteiger charge is -2.22. The van der Waals surface area contributed by atoms with E-state index in [4.69, 9.17) is 5.84 Å². The first-order chi connectivity index (χ1) is 9.09. The molecule has 0 aromatic heterocycles. The van der Waals surface area contributed by atoms with Crippen molar-refractivity contribution in [1.29, 1.82) is 0 Å². The van der Waals surface area contributed by atoms with E-state index in [0.29, 0.717) is 12.3 Å². The average Bonchev–Trinajstić information content (AvgIpc) is 2.71. The summed E-state index contributed by atoms with van der Waals surface area (Å²) in [6, 6.07) is 0.289. The van der Waals surface area contributed by atoms with Crippen LogP contribution in [-0.2, 0) is 0 Å². The van der Waals surface area contributed by atoms with Crippen LogP contribution in [0.2, 0.25) is 0 Å². The van der Waals surface area contributed by atoms with Crippen molar-refractivity contribution in [2.45, 2.75) is 56.9 Å². The van der Waals surface area contributed by atoms with Crippen LogP contribution in [0.25, 0.3) is 0 Å². The number of hydrogen-bond acceptors (Lipinski definition) is 2. The maximum atomic E-state index is 13.3. The van der Waals surface area contributed by atoms with Crippen molar-refractivity contribution in [3.63, 3.8) is 0 Å². The summed E-state index contributed by atoms with van der Waals surface area (Å²) in [6.45, 7) is 0. The quantitative estimate of drug-likeness (QED) is 0.609. The van der Waals surface area contributed by atoms with E-state index < -0.39 is 5.92 Å². The first-order valence-corrected chi connectivity index (χ1v) is 7.93. The van der Waals surface area contributed by atoms with Gasteiger partial charge in [-0.15, -0.1) is 0 Å². The molecule has 6 unspecified atom stereocenters. The minimum absolute atomic E-state index is 0.0811. The summed E-state index contributed by atoms with van der Waals surface area (Å²) in [5.74, 6) is 7.81. The zero-order valence-corrected chi connectivity index (χ0v) is 11.3. The molecule has 6 atom stereocenters. The number of halogens is 2. The largest absolute Gasteiger partial charge is 0.271 e. The van der Waals surface area contributed by atoms with E-state index in [1.54, 1.807) is 0 Å². The Balaban J connectivity index is 1.38. The van der Waals surface area contributed by atoms with Crippen molar-refractivity contribution in [3.8, 4) is 0 Å². The molecule has 0 aromatic rings. The maximum Gasteiger partial charge on any atom is 0.248 e. The van der Waals surface area contributed by atoms with E-state index in [9.17, 15) is 8.78 Å². The summed E-state index contributed by atoms with van der Waals surface area (Å²) < 4.78 is 26.6. The molecule has 4 heteroatoms. The highest BCUT2D eigenvalue weighted by molar-refractivity contribution is 5.15. The van der Waals surface area contributed by atoms with E-state index in [1.807, 2.05) is 0 Å². The molecule has 0 saturated heterocycles. The first-order valence-electron chi connectivity index (χ1n) is 7.93. The van der Waals surface area contributed by atoms with E-state index in [1.165, 1.54) is 19.3 Å². The van der Waals surface area contributed by atoms with Crippen LogP contribution in [-0.4, -0.2) is 12.0 Å². The average molecular weight is 270 g/mol. The van der Waals surface area contributed by atoms with Crippen LogP contribution in [0.1, 0.15) is 44.9 Å². The van der Waals surface area contributed by atoms with Crippen LogP contribution in [0.3, 0.4) is 0 Å². The summed E-state index contributed by atoms with van der Waals surface area (Å²) in [5.41, 5.74) is 2.97. The number of nitrogens with two attached hydrogens (primary N) is 1. The van der Waals surface area contributed by atoms with Crippen molar-refractivity contribution >= 4 is 0 Å². The molecule has 4 saturated carbocycles. The van der Waals surface area contributed by atoms with E-state index in [2.05, 4.69) is 5.43 Å². The van der Waals surface area contributed by atoms with Crippen molar-refractivity contribution in [2.24, 2.45) is 41.4 Å². The lowest BCUT2D eigenvalue weighted by Crippen LogP contribution is -2.39. The molecule has 0 aromatic carbocycles. The van der Waals surface area contributed by atoms with Gasteiger partial charge < -0.3 is 0 Å². The summed E-state index contributed by atoms with van der Waals surface area (Å²) >= 11 is 0. The van der Waals surface area contributed by atoms with Gasteiger partial charge in [-0.25, -0.2) is 8.78 Å². The zero-order chi connectivity index (χ0) is 13.2. The van der Waals surface area contributed by atoms with Gasteiger partial charge in [0, 0.05) is 18.9 Å². The van der Waals surface area contributed by atoms with Gasteiger partial charge in [0.15, 0.2) is 0 Å². The number of alkyl halides is 2. The molecule has 0 heterocycles. The molecule has 4 aliphatic rings. The summed E-state index contributed by atoms with van der Waals surface area (Å²) in [7, 11) is 0. The second kappa shape index (κ2) is 4.14. The second-order valence-electron chi connectivity index (χ2n) is 7.54. The highest BCUT2D eigenvalue weighted by Gasteiger charge is 2.66. The van der Waals surface area contributed by atoms with E-state index in [-0.39, 0.29) is 24.8 Å². The minimum Gasteiger partial charge on any atom is -0.271 e.